The molecule has 0 aromatic heterocycles. The maximum atomic E-state index is 12.7. The summed E-state index contributed by atoms with van der Waals surface area (Å²) in [6.45, 7) is 5.85. The van der Waals surface area contributed by atoms with Crippen LogP contribution in [0, 0.1) is 17.8 Å². The second kappa shape index (κ2) is 9.25. The molecule has 0 radical (unpaired) electrons. The van der Waals surface area contributed by atoms with Gasteiger partial charge in [0.15, 0.2) is 6.61 Å². The Morgan fingerprint density at radius 3 is 2.48 bits per heavy atom. The van der Waals surface area contributed by atoms with Crippen molar-refractivity contribution in [3.05, 3.63) is 30.3 Å². The molecule has 0 bridgehead atoms. The molecule has 1 aromatic rings. The molecule has 0 spiro atoms. The summed E-state index contributed by atoms with van der Waals surface area (Å²) in [5.74, 6) is 2.11. The summed E-state index contributed by atoms with van der Waals surface area (Å²) in [5.41, 5.74) is 0. The van der Waals surface area contributed by atoms with Crippen LogP contribution in [0.2, 0.25) is 0 Å². The molecule has 5 heteroatoms. The Morgan fingerprint density at radius 2 is 1.78 bits per heavy atom. The van der Waals surface area contributed by atoms with Crippen molar-refractivity contribution in [2.45, 2.75) is 52.0 Å². The third-order valence-corrected chi connectivity index (χ3v) is 6.36. The SMILES string of the molecule is CC1CCCC(NC(=O)C2CCN(C(=O)COc3ccccc3)CC2)C1C. The minimum absolute atomic E-state index is 0.00700. The summed E-state index contributed by atoms with van der Waals surface area (Å²) in [5, 5.41) is 3.29. The largest absolute Gasteiger partial charge is 0.484 e. The van der Waals surface area contributed by atoms with Crippen molar-refractivity contribution in [2.24, 2.45) is 17.8 Å². The van der Waals surface area contributed by atoms with E-state index in [1.165, 1.54) is 12.8 Å². The van der Waals surface area contributed by atoms with Crippen LogP contribution in [0.25, 0.3) is 0 Å². The molecule has 1 aliphatic heterocycles. The number of nitrogens with zero attached hydrogens (tertiary/aromatic N) is 1. The quantitative estimate of drug-likeness (QED) is 0.863. The third kappa shape index (κ3) is 5.24. The van der Waals surface area contributed by atoms with Gasteiger partial charge >= 0.3 is 0 Å². The summed E-state index contributed by atoms with van der Waals surface area (Å²) < 4.78 is 5.55. The molecule has 2 aliphatic rings. The lowest BCUT2D eigenvalue weighted by molar-refractivity contribution is -0.137. The van der Waals surface area contributed by atoms with Crippen molar-refractivity contribution in [1.29, 1.82) is 0 Å². The molecule has 2 amide bonds. The molecule has 1 N–H and O–H groups in total. The maximum absolute atomic E-state index is 12.7. The van der Waals surface area contributed by atoms with Gasteiger partial charge in [0.05, 0.1) is 0 Å². The Kier molecular flexibility index (Phi) is 6.75. The van der Waals surface area contributed by atoms with Gasteiger partial charge in [-0.25, -0.2) is 0 Å². The number of benzene rings is 1. The molecule has 1 saturated carbocycles. The summed E-state index contributed by atoms with van der Waals surface area (Å²) in [7, 11) is 0. The third-order valence-electron chi connectivity index (χ3n) is 6.36. The van der Waals surface area contributed by atoms with E-state index in [0.29, 0.717) is 36.7 Å². The zero-order valence-electron chi connectivity index (χ0n) is 16.5. The highest BCUT2D eigenvalue weighted by Gasteiger charge is 2.32. The van der Waals surface area contributed by atoms with Crippen LogP contribution < -0.4 is 10.1 Å². The Bertz CT molecular complexity index is 626. The standard InChI is InChI=1S/C22H32N2O3/c1-16-7-6-10-20(17(16)2)23-22(26)18-11-13-24(14-12-18)21(25)15-27-19-8-4-3-5-9-19/h3-5,8-9,16-18,20H,6-7,10-15H2,1-2H3,(H,23,26). The zero-order chi connectivity index (χ0) is 19.2. The fourth-order valence-corrected chi connectivity index (χ4v) is 4.23. The number of piperidine rings is 1. The fraction of sp³-hybridized carbons (Fsp3) is 0.636. The van der Waals surface area contributed by atoms with Gasteiger partial charge in [-0.2, -0.15) is 0 Å². The van der Waals surface area contributed by atoms with Crippen LogP contribution in [0.3, 0.4) is 0 Å². The minimum Gasteiger partial charge on any atom is -0.484 e. The van der Waals surface area contributed by atoms with Crippen LogP contribution in [-0.2, 0) is 9.59 Å². The van der Waals surface area contributed by atoms with Gasteiger partial charge in [-0.05, 0) is 43.2 Å². The number of carbonyl (C=O) groups is 2. The maximum Gasteiger partial charge on any atom is 0.260 e. The highest BCUT2D eigenvalue weighted by molar-refractivity contribution is 5.80. The molecule has 1 aliphatic carbocycles. The molecule has 148 valence electrons. The summed E-state index contributed by atoms with van der Waals surface area (Å²) in [4.78, 5) is 26.8. The van der Waals surface area contributed by atoms with E-state index in [1.807, 2.05) is 35.2 Å². The Labute approximate surface area is 162 Å². The molecular weight excluding hydrogens is 340 g/mol. The van der Waals surface area contributed by atoms with Crippen LogP contribution in [0.4, 0.5) is 0 Å². The number of hydrogen-bond donors (Lipinski definition) is 1. The number of nitrogens with one attached hydrogen (secondary N) is 1. The first-order chi connectivity index (χ1) is 13.0. The average molecular weight is 373 g/mol. The van der Waals surface area contributed by atoms with Gasteiger partial charge in [-0.1, -0.05) is 44.9 Å². The Balaban J connectivity index is 1.41. The lowest BCUT2D eigenvalue weighted by Gasteiger charge is -2.37. The number of ether oxygens (including phenoxy) is 1. The van der Waals surface area contributed by atoms with E-state index < -0.39 is 0 Å². The van der Waals surface area contributed by atoms with E-state index in [2.05, 4.69) is 19.2 Å². The van der Waals surface area contributed by atoms with Crippen LogP contribution in [0.1, 0.15) is 46.0 Å². The van der Waals surface area contributed by atoms with Crippen LogP contribution in [0.5, 0.6) is 5.75 Å². The highest BCUT2D eigenvalue weighted by Crippen LogP contribution is 2.30. The number of likely N-dealkylation sites (tertiary alicyclic amines) is 1. The smallest absolute Gasteiger partial charge is 0.260 e. The van der Waals surface area contributed by atoms with Gasteiger partial charge in [-0.3, -0.25) is 9.59 Å². The summed E-state index contributed by atoms with van der Waals surface area (Å²) in [6.07, 6.45) is 5.02. The van der Waals surface area contributed by atoms with Crippen LogP contribution >= 0.6 is 0 Å². The van der Waals surface area contributed by atoms with Crippen LogP contribution in [0.15, 0.2) is 30.3 Å². The molecule has 3 unspecified atom stereocenters. The van der Waals surface area contributed by atoms with Gasteiger partial charge in [0.1, 0.15) is 5.75 Å². The fourth-order valence-electron chi connectivity index (χ4n) is 4.23. The summed E-state index contributed by atoms with van der Waals surface area (Å²) in [6, 6.07) is 9.68. The van der Waals surface area contributed by atoms with Crippen molar-refractivity contribution in [3.63, 3.8) is 0 Å². The predicted molar refractivity (Wildman–Crippen MR) is 105 cm³/mol. The van der Waals surface area contributed by atoms with Gasteiger partial charge < -0.3 is 15.0 Å². The first-order valence-electron chi connectivity index (χ1n) is 10.3. The number of para-hydroxylation sites is 1. The van der Waals surface area contributed by atoms with E-state index in [-0.39, 0.29) is 24.3 Å². The van der Waals surface area contributed by atoms with E-state index in [4.69, 9.17) is 4.74 Å². The van der Waals surface area contributed by atoms with Gasteiger partial charge in [0.25, 0.3) is 5.91 Å². The second-order valence-corrected chi connectivity index (χ2v) is 8.14. The van der Waals surface area contributed by atoms with E-state index in [1.54, 1.807) is 0 Å². The first kappa shape index (κ1) is 19.7. The van der Waals surface area contributed by atoms with E-state index in [0.717, 1.165) is 19.3 Å². The van der Waals surface area contributed by atoms with Crippen LogP contribution in [-0.4, -0.2) is 42.5 Å². The van der Waals surface area contributed by atoms with Gasteiger partial charge in [0.2, 0.25) is 5.91 Å². The monoisotopic (exact) mass is 372 g/mol. The molecule has 5 nitrogen and oxygen atoms in total. The van der Waals surface area contributed by atoms with E-state index in [9.17, 15) is 9.59 Å². The molecule has 1 saturated heterocycles. The molecule has 2 fully saturated rings. The highest BCUT2D eigenvalue weighted by atomic mass is 16.5. The molecule has 27 heavy (non-hydrogen) atoms. The number of rotatable bonds is 5. The summed E-state index contributed by atoms with van der Waals surface area (Å²) >= 11 is 0. The van der Waals surface area contributed by atoms with Crippen molar-refractivity contribution in [2.75, 3.05) is 19.7 Å². The molecule has 3 rings (SSSR count). The Hall–Kier alpha value is -2.04. The number of hydrogen-bond acceptors (Lipinski definition) is 3. The number of carbonyl (C=O) groups excluding carboxylic acids is 2. The molecule has 1 aromatic carbocycles. The minimum atomic E-state index is -0.00700. The predicted octanol–water partition coefficient (Wildman–Crippen LogP) is 3.24. The van der Waals surface area contributed by atoms with Gasteiger partial charge in [0, 0.05) is 25.0 Å². The van der Waals surface area contributed by atoms with E-state index >= 15 is 0 Å². The van der Waals surface area contributed by atoms with Crippen molar-refractivity contribution in [3.8, 4) is 5.75 Å². The van der Waals surface area contributed by atoms with Gasteiger partial charge in [-0.15, -0.1) is 0 Å². The molecule has 1 heterocycles. The zero-order valence-corrected chi connectivity index (χ0v) is 16.5. The Morgan fingerprint density at radius 1 is 1.07 bits per heavy atom. The number of amides is 2. The first-order valence-corrected chi connectivity index (χ1v) is 10.3. The molecular formula is C22H32N2O3. The lowest BCUT2D eigenvalue weighted by Crippen LogP contribution is -2.49. The topological polar surface area (TPSA) is 58.6 Å². The molecule has 3 atom stereocenters. The average Bonchev–Trinajstić information content (AvgIpc) is 2.70. The van der Waals surface area contributed by atoms with Crippen molar-refractivity contribution >= 4 is 11.8 Å². The lowest BCUT2D eigenvalue weighted by atomic mass is 9.78. The second-order valence-electron chi connectivity index (χ2n) is 8.14. The van der Waals surface area contributed by atoms with Crippen molar-refractivity contribution in [1.82, 2.24) is 10.2 Å². The normalized spacial score (nSPS) is 26.4. The van der Waals surface area contributed by atoms with Crippen molar-refractivity contribution < 1.29 is 14.3 Å².